The predicted octanol–water partition coefficient (Wildman–Crippen LogP) is 1.95. The maximum Gasteiger partial charge on any atom is 0.406 e. The minimum absolute atomic E-state index is 0.0318. The van der Waals surface area contributed by atoms with Crippen LogP contribution in [0.15, 0.2) is 10.7 Å². The van der Waals surface area contributed by atoms with Crippen LogP contribution in [-0.2, 0) is 0 Å². The Morgan fingerprint density at radius 2 is 2.33 bits per heavy atom. The van der Waals surface area contributed by atoms with Crippen LogP contribution in [0.4, 0.5) is 14.6 Å². The Labute approximate surface area is 73.3 Å². The molecule has 0 saturated heterocycles. The second-order valence-electron chi connectivity index (χ2n) is 1.80. The van der Waals surface area contributed by atoms with E-state index in [1.165, 1.54) is 0 Å². The van der Waals surface area contributed by atoms with Crippen LogP contribution < -0.4 is 0 Å². The molecule has 0 aliphatic heterocycles. The number of aromatic nitrogens is 2. The molecule has 0 fully saturated rings. The van der Waals surface area contributed by atoms with Crippen molar-refractivity contribution in [2.45, 2.75) is 6.55 Å². The Morgan fingerprint density at radius 3 is 2.67 bits per heavy atom. The number of hydrogen-bond donors (Lipinski definition) is 0. The van der Waals surface area contributed by atoms with E-state index in [1.807, 2.05) is 0 Å². The lowest BCUT2D eigenvalue weighted by molar-refractivity contribution is -0.395. The molecule has 0 amide bonds. The average molecular weight is 242 g/mol. The molecule has 0 N–H and O–H groups in total. The second kappa shape index (κ2) is 3.13. The topological polar surface area (TPSA) is 61.0 Å². The van der Waals surface area contributed by atoms with E-state index in [0.29, 0.717) is 0 Å². The molecule has 5 nitrogen and oxygen atoms in total. The van der Waals surface area contributed by atoms with Crippen LogP contribution in [0.25, 0.3) is 0 Å². The van der Waals surface area contributed by atoms with Crippen molar-refractivity contribution in [1.82, 2.24) is 9.78 Å². The van der Waals surface area contributed by atoms with Crippen molar-refractivity contribution in [3.8, 4) is 0 Å². The molecule has 0 aliphatic carbocycles. The molecule has 0 bridgehead atoms. The molecule has 0 unspecified atom stereocenters. The monoisotopic (exact) mass is 241 g/mol. The predicted molar refractivity (Wildman–Crippen MR) is 37.8 cm³/mol. The average Bonchev–Trinajstić information content (AvgIpc) is 2.30. The first-order chi connectivity index (χ1) is 5.54. The Hall–Kier alpha value is -1.05. The minimum Gasteiger partial charge on any atom is -0.358 e. The second-order valence-corrected chi connectivity index (χ2v) is 2.65. The molecule has 0 radical (unpaired) electrons. The summed E-state index contributed by atoms with van der Waals surface area (Å²) < 4.78 is 23.9. The van der Waals surface area contributed by atoms with E-state index in [-0.39, 0.29) is 9.15 Å². The van der Waals surface area contributed by atoms with Gasteiger partial charge in [0, 0.05) is 0 Å². The number of alkyl halides is 2. The van der Waals surface area contributed by atoms with Crippen LogP contribution in [-0.4, -0.2) is 14.7 Å². The molecule has 8 heteroatoms. The van der Waals surface area contributed by atoms with Crippen molar-refractivity contribution in [1.29, 1.82) is 0 Å². The van der Waals surface area contributed by atoms with E-state index in [2.05, 4.69) is 21.0 Å². The van der Waals surface area contributed by atoms with Crippen molar-refractivity contribution in [3.63, 3.8) is 0 Å². The van der Waals surface area contributed by atoms with Crippen molar-refractivity contribution in [2.24, 2.45) is 0 Å². The molecule has 66 valence electrons. The molecule has 12 heavy (non-hydrogen) atoms. The van der Waals surface area contributed by atoms with Crippen LogP contribution in [0, 0.1) is 10.1 Å². The summed E-state index contributed by atoms with van der Waals surface area (Å²) in [5.74, 6) is -0.745. The summed E-state index contributed by atoms with van der Waals surface area (Å²) in [6.07, 6.45) is 0.949. The molecule has 1 rings (SSSR count). The maximum atomic E-state index is 12.0. The molecule has 1 aromatic rings. The highest BCUT2D eigenvalue weighted by atomic mass is 79.9. The normalized spacial score (nSPS) is 10.7. The van der Waals surface area contributed by atoms with Crippen molar-refractivity contribution >= 4 is 21.7 Å². The smallest absolute Gasteiger partial charge is 0.358 e. The van der Waals surface area contributed by atoms with E-state index >= 15 is 0 Å². The maximum absolute atomic E-state index is 12.0. The largest absolute Gasteiger partial charge is 0.406 e. The molecule has 0 aromatic carbocycles. The van der Waals surface area contributed by atoms with E-state index < -0.39 is 17.3 Å². The van der Waals surface area contributed by atoms with Crippen molar-refractivity contribution in [3.05, 3.63) is 20.8 Å². The van der Waals surface area contributed by atoms with Gasteiger partial charge in [0.25, 0.3) is 0 Å². The lowest BCUT2D eigenvalue weighted by Crippen LogP contribution is -2.05. The zero-order chi connectivity index (χ0) is 9.30. The standard InChI is InChI=1S/C4H2BrF2N3O2/c5-2-1-8-9(4(6)7)3(2)10(11)12/h1,4H. The summed E-state index contributed by atoms with van der Waals surface area (Å²) in [5, 5.41) is 13.3. The Kier molecular flexibility index (Phi) is 2.36. The fraction of sp³-hybridized carbons (Fsp3) is 0.250. The third kappa shape index (κ3) is 1.42. The van der Waals surface area contributed by atoms with Gasteiger partial charge >= 0.3 is 12.4 Å². The summed E-state index contributed by atoms with van der Waals surface area (Å²) >= 11 is 2.73. The van der Waals surface area contributed by atoms with Crippen LogP contribution in [0.3, 0.4) is 0 Å². The first-order valence-electron chi connectivity index (χ1n) is 2.69. The molecule has 1 heterocycles. The highest BCUT2D eigenvalue weighted by Gasteiger charge is 2.26. The Morgan fingerprint density at radius 1 is 1.75 bits per heavy atom. The Bertz CT molecular complexity index is 313. The SMILES string of the molecule is O=[N+]([O-])c1c(Br)cnn1C(F)F. The molecule has 0 saturated carbocycles. The van der Waals surface area contributed by atoms with E-state index in [4.69, 9.17) is 0 Å². The van der Waals surface area contributed by atoms with Crippen LogP contribution >= 0.6 is 15.9 Å². The quantitative estimate of drug-likeness (QED) is 0.588. The van der Waals surface area contributed by atoms with Gasteiger partial charge in [0.15, 0.2) is 0 Å². The van der Waals surface area contributed by atoms with Gasteiger partial charge in [0.1, 0.15) is 4.47 Å². The first-order valence-corrected chi connectivity index (χ1v) is 3.49. The first kappa shape index (κ1) is 9.04. The fourth-order valence-electron chi connectivity index (χ4n) is 0.648. The van der Waals surface area contributed by atoms with E-state index in [1.54, 1.807) is 0 Å². The van der Waals surface area contributed by atoms with Gasteiger partial charge in [0.2, 0.25) is 0 Å². The van der Waals surface area contributed by atoms with Gasteiger partial charge in [-0.2, -0.15) is 8.78 Å². The lowest BCUT2D eigenvalue weighted by Gasteiger charge is -1.96. The third-order valence-electron chi connectivity index (χ3n) is 1.08. The van der Waals surface area contributed by atoms with Crippen molar-refractivity contribution < 1.29 is 13.7 Å². The van der Waals surface area contributed by atoms with Gasteiger partial charge in [0.05, 0.1) is 6.20 Å². The number of halogens is 3. The zero-order valence-corrected chi connectivity index (χ0v) is 7.03. The highest BCUT2D eigenvalue weighted by molar-refractivity contribution is 9.10. The molecule has 0 aliphatic rings. The van der Waals surface area contributed by atoms with Gasteiger partial charge in [-0.1, -0.05) is 9.78 Å². The number of nitrogens with zero attached hydrogens (tertiary/aromatic N) is 3. The molecule has 1 aromatic heterocycles. The van der Waals surface area contributed by atoms with Crippen LogP contribution in [0.2, 0.25) is 0 Å². The summed E-state index contributed by atoms with van der Waals surface area (Å²) in [6, 6.07) is 0. The van der Waals surface area contributed by atoms with Crippen LogP contribution in [0.5, 0.6) is 0 Å². The van der Waals surface area contributed by atoms with Gasteiger partial charge < -0.3 is 10.1 Å². The summed E-state index contributed by atoms with van der Waals surface area (Å²) in [6.45, 7) is -3.00. The highest BCUT2D eigenvalue weighted by Crippen LogP contribution is 2.27. The van der Waals surface area contributed by atoms with Gasteiger partial charge in [-0.05, 0) is 20.9 Å². The zero-order valence-electron chi connectivity index (χ0n) is 5.45. The van der Waals surface area contributed by atoms with Crippen LogP contribution in [0.1, 0.15) is 6.55 Å². The van der Waals surface area contributed by atoms with Gasteiger partial charge in [-0.15, -0.1) is 0 Å². The molecule has 0 spiro atoms. The minimum atomic E-state index is -3.00. The lowest BCUT2D eigenvalue weighted by atomic mass is 10.6. The summed E-state index contributed by atoms with van der Waals surface area (Å²) in [5.41, 5.74) is 0. The summed E-state index contributed by atoms with van der Waals surface area (Å²) in [7, 11) is 0. The van der Waals surface area contributed by atoms with Gasteiger partial charge in [-0.3, -0.25) is 0 Å². The molecule has 0 atom stereocenters. The van der Waals surface area contributed by atoms with E-state index in [9.17, 15) is 18.9 Å². The molecular formula is C4H2BrF2N3O2. The number of nitro groups is 1. The summed E-state index contributed by atoms with van der Waals surface area (Å²) in [4.78, 5) is 9.26. The van der Waals surface area contributed by atoms with Gasteiger partial charge in [-0.25, -0.2) is 0 Å². The number of rotatable bonds is 2. The van der Waals surface area contributed by atoms with Crippen molar-refractivity contribution in [2.75, 3.05) is 0 Å². The number of hydrogen-bond acceptors (Lipinski definition) is 3. The van der Waals surface area contributed by atoms with E-state index in [0.717, 1.165) is 6.20 Å². The fourth-order valence-corrected chi connectivity index (χ4v) is 1.07. The molecular weight excluding hydrogens is 240 g/mol. The third-order valence-corrected chi connectivity index (χ3v) is 1.64. The Balaban J connectivity index is 3.21.